The average Bonchev–Trinajstić information content (AvgIpc) is 2.64. The second-order valence-corrected chi connectivity index (χ2v) is 4.32. The molecule has 2 aliphatic rings. The van der Waals surface area contributed by atoms with E-state index in [1.165, 1.54) is 12.8 Å². The second kappa shape index (κ2) is 13.0. The van der Waals surface area contributed by atoms with Crippen molar-refractivity contribution < 1.29 is 9.59 Å². The van der Waals surface area contributed by atoms with E-state index in [-0.39, 0.29) is 36.6 Å². The maximum absolute atomic E-state index is 10.6. The van der Waals surface area contributed by atoms with Crippen LogP contribution in [0.1, 0.15) is 51.4 Å². The molecule has 2 heterocycles. The lowest BCUT2D eigenvalue weighted by Crippen LogP contribution is -2.21. The first-order chi connectivity index (χ1) is 7.79. The fourth-order valence-corrected chi connectivity index (χ4v) is 1.81. The summed E-state index contributed by atoms with van der Waals surface area (Å²) in [6, 6.07) is 0. The van der Waals surface area contributed by atoms with E-state index in [1.807, 2.05) is 0 Å². The minimum atomic E-state index is 0. The van der Waals surface area contributed by atoms with Crippen LogP contribution in [-0.4, -0.2) is 24.9 Å². The van der Waals surface area contributed by atoms with Crippen molar-refractivity contribution in [1.29, 1.82) is 0 Å². The highest BCUT2D eigenvalue weighted by Crippen LogP contribution is 2.02. The van der Waals surface area contributed by atoms with Gasteiger partial charge < -0.3 is 10.6 Å². The first-order valence-corrected chi connectivity index (χ1v) is 6.32. The minimum absolute atomic E-state index is 0. The molecule has 0 radical (unpaired) electrons. The number of hydrogen-bond acceptors (Lipinski definition) is 2. The van der Waals surface area contributed by atoms with Gasteiger partial charge in [0.05, 0.1) is 0 Å². The van der Waals surface area contributed by atoms with Gasteiger partial charge >= 0.3 is 0 Å². The average molecular weight is 299 g/mol. The molecular formula is C12H24Cl2N2O2. The lowest BCUT2D eigenvalue weighted by atomic mass is 10.2. The topological polar surface area (TPSA) is 58.2 Å². The quantitative estimate of drug-likeness (QED) is 0.720. The van der Waals surface area contributed by atoms with Crippen LogP contribution < -0.4 is 10.6 Å². The zero-order valence-corrected chi connectivity index (χ0v) is 12.3. The van der Waals surface area contributed by atoms with Crippen LogP contribution in [0.4, 0.5) is 0 Å². The third-order valence-electron chi connectivity index (χ3n) is 2.81. The van der Waals surface area contributed by atoms with Crippen molar-refractivity contribution in [2.75, 3.05) is 13.1 Å². The fraction of sp³-hybridized carbons (Fsp3) is 0.833. The molecule has 2 saturated heterocycles. The molecule has 0 saturated carbocycles. The van der Waals surface area contributed by atoms with Gasteiger partial charge in [0, 0.05) is 25.9 Å². The van der Waals surface area contributed by atoms with Gasteiger partial charge in [0.2, 0.25) is 11.8 Å². The number of carbonyl (C=O) groups is 2. The fourth-order valence-electron chi connectivity index (χ4n) is 1.81. The van der Waals surface area contributed by atoms with Crippen LogP contribution in [0, 0.1) is 0 Å². The Morgan fingerprint density at radius 1 is 0.611 bits per heavy atom. The molecule has 0 aliphatic carbocycles. The van der Waals surface area contributed by atoms with E-state index in [9.17, 15) is 9.59 Å². The Hall–Kier alpha value is -0.480. The molecule has 0 atom stereocenters. The van der Waals surface area contributed by atoms with Gasteiger partial charge in [0.15, 0.2) is 0 Å². The first-order valence-electron chi connectivity index (χ1n) is 6.32. The van der Waals surface area contributed by atoms with Gasteiger partial charge in [-0.3, -0.25) is 9.59 Å². The summed E-state index contributed by atoms with van der Waals surface area (Å²) in [4.78, 5) is 21.1. The third kappa shape index (κ3) is 10.7. The van der Waals surface area contributed by atoms with Crippen LogP contribution in [0.25, 0.3) is 0 Å². The molecule has 2 fully saturated rings. The van der Waals surface area contributed by atoms with Crippen LogP contribution in [0.3, 0.4) is 0 Å². The Kier molecular flexibility index (Phi) is 14.3. The van der Waals surface area contributed by atoms with Crippen molar-refractivity contribution in [3.8, 4) is 0 Å². The second-order valence-electron chi connectivity index (χ2n) is 4.32. The zero-order chi connectivity index (χ0) is 11.6. The van der Waals surface area contributed by atoms with Gasteiger partial charge in [0.25, 0.3) is 0 Å². The largest absolute Gasteiger partial charge is 0.356 e. The van der Waals surface area contributed by atoms with Crippen molar-refractivity contribution in [1.82, 2.24) is 10.6 Å². The summed E-state index contributed by atoms with van der Waals surface area (Å²) in [5, 5.41) is 5.61. The maximum Gasteiger partial charge on any atom is 0.219 e. The van der Waals surface area contributed by atoms with E-state index in [0.717, 1.165) is 51.6 Å². The summed E-state index contributed by atoms with van der Waals surface area (Å²) in [6.07, 6.45) is 8.35. The molecule has 4 nitrogen and oxygen atoms in total. The van der Waals surface area contributed by atoms with Crippen LogP contribution in [0.15, 0.2) is 0 Å². The van der Waals surface area contributed by atoms with Crippen LogP contribution in [0.2, 0.25) is 0 Å². The van der Waals surface area contributed by atoms with Crippen molar-refractivity contribution in [2.24, 2.45) is 0 Å². The molecule has 0 aromatic carbocycles. The Bertz CT molecular complexity index is 194. The number of nitrogens with one attached hydrogen (secondary N) is 2. The lowest BCUT2D eigenvalue weighted by molar-refractivity contribution is -0.121. The number of hydrogen-bond donors (Lipinski definition) is 2. The minimum Gasteiger partial charge on any atom is -0.356 e. The van der Waals surface area contributed by atoms with Gasteiger partial charge in [0.1, 0.15) is 0 Å². The van der Waals surface area contributed by atoms with Crippen molar-refractivity contribution >= 4 is 36.6 Å². The monoisotopic (exact) mass is 298 g/mol. The van der Waals surface area contributed by atoms with Gasteiger partial charge in [-0.05, 0) is 25.7 Å². The third-order valence-corrected chi connectivity index (χ3v) is 2.81. The summed E-state index contributed by atoms with van der Waals surface area (Å²) in [5.41, 5.74) is 0. The zero-order valence-electron chi connectivity index (χ0n) is 10.7. The molecule has 0 unspecified atom stereocenters. The van der Waals surface area contributed by atoms with Gasteiger partial charge in [-0.25, -0.2) is 0 Å². The summed E-state index contributed by atoms with van der Waals surface area (Å²) in [7, 11) is 0. The Labute approximate surface area is 121 Å². The van der Waals surface area contributed by atoms with E-state index in [4.69, 9.17) is 0 Å². The number of rotatable bonds is 0. The summed E-state index contributed by atoms with van der Waals surface area (Å²) >= 11 is 0. The maximum atomic E-state index is 10.6. The molecule has 2 aliphatic heterocycles. The molecule has 108 valence electrons. The molecular weight excluding hydrogens is 275 g/mol. The molecule has 2 amide bonds. The smallest absolute Gasteiger partial charge is 0.219 e. The van der Waals surface area contributed by atoms with E-state index in [1.54, 1.807) is 0 Å². The molecule has 0 aromatic rings. The normalized spacial score (nSPS) is 19.3. The summed E-state index contributed by atoms with van der Waals surface area (Å²) in [6.45, 7) is 1.78. The predicted octanol–water partition coefficient (Wildman–Crippen LogP) is 2.20. The van der Waals surface area contributed by atoms with Crippen LogP contribution in [-0.2, 0) is 9.59 Å². The molecule has 0 aromatic heterocycles. The van der Waals surface area contributed by atoms with Gasteiger partial charge in [-0.2, -0.15) is 0 Å². The van der Waals surface area contributed by atoms with Crippen molar-refractivity contribution in [3.63, 3.8) is 0 Å². The lowest BCUT2D eigenvalue weighted by Gasteiger charge is -1.93. The highest BCUT2D eigenvalue weighted by atomic mass is 35.5. The molecule has 18 heavy (non-hydrogen) atoms. The standard InChI is InChI=1S/2C6H11NO.2ClH/c2*8-6-4-2-1-3-5-7-6;;/h2*1-5H2,(H,7,8);2*1H. The van der Waals surface area contributed by atoms with Gasteiger partial charge in [-0.1, -0.05) is 12.8 Å². The number of amides is 2. The molecule has 0 spiro atoms. The van der Waals surface area contributed by atoms with E-state index >= 15 is 0 Å². The Balaban J connectivity index is 0. The highest BCUT2D eigenvalue weighted by molar-refractivity contribution is 5.85. The van der Waals surface area contributed by atoms with Crippen molar-refractivity contribution in [3.05, 3.63) is 0 Å². The van der Waals surface area contributed by atoms with Crippen LogP contribution >= 0.6 is 24.8 Å². The van der Waals surface area contributed by atoms with Crippen molar-refractivity contribution in [2.45, 2.75) is 51.4 Å². The highest BCUT2D eigenvalue weighted by Gasteiger charge is 2.04. The van der Waals surface area contributed by atoms with Crippen LogP contribution in [0.5, 0.6) is 0 Å². The Morgan fingerprint density at radius 3 is 1.39 bits per heavy atom. The molecule has 2 rings (SSSR count). The predicted molar refractivity (Wildman–Crippen MR) is 77.5 cm³/mol. The SMILES string of the molecule is Cl.Cl.O=C1CCCCCN1.O=C1CCCCCN1. The summed E-state index contributed by atoms with van der Waals surface area (Å²) < 4.78 is 0. The van der Waals surface area contributed by atoms with E-state index < -0.39 is 0 Å². The Morgan fingerprint density at radius 2 is 1.00 bits per heavy atom. The number of halogens is 2. The van der Waals surface area contributed by atoms with E-state index in [2.05, 4.69) is 10.6 Å². The molecule has 0 bridgehead atoms. The summed E-state index contributed by atoms with van der Waals surface area (Å²) in [5.74, 6) is 0.449. The number of carbonyl (C=O) groups excluding carboxylic acids is 2. The molecule has 6 heteroatoms. The first kappa shape index (κ1) is 19.9. The van der Waals surface area contributed by atoms with E-state index in [0.29, 0.717) is 0 Å². The molecule has 2 N–H and O–H groups in total. The van der Waals surface area contributed by atoms with Gasteiger partial charge in [-0.15, -0.1) is 24.8 Å².